The van der Waals surface area contributed by atoms with Gasteiger partial charge in [-0.25, -0.2) is 4.79 Å². The molecule has 2 aromatic rings. The Labute approximate surface area is 121 Å². The molecule has 0 fully saturated rings. The average Bonchev–Trinajstić information content (AvgIpc) is 3.01. The van der Waals surface area contributed by atoms with Crippen LogP contribution in [0.2, 0.25) is 0 Å². The molecule has 0 atom stereocenters. The van der Waals surface area contributed by atoms with Crippen LogP contribution in [0, 0.1) is 0 Å². The second-order valence-corrected chi connectivity index (χ2v) is 4.92. The van der Waals surface area contributed by atoms with Crippen molar-refractivity contribution in [3.63, 3.8) is 0 Å². The van der Waals surface area contributed by atoms with Crippen molar-refractivity contribution in [1.29, 1.82) is 0 Å². The third-order valence-electron chi connectivity index (χ3n) is 3.62. The fraction of sp³-hybridized carbons (Fsp3) is 0.267. The quantitative estimate of drug-likeness (QED) is 0.846. The van der Waals surface area contributed by atoms with Crippen LogP contribution in [-0.4, -0.2) is 40.6 Å². The summed E-state index contributed by atoms with van der Waals surface area (Å²) < 4.78 is 4.68. The van der Waals surface area contributed by atoms with E-state index in [0.717, 1.165) is 17.7 Å². The van der Waals surface area contributed by atoms with Gasteiger partial charge in [-0.15, -0.1) is 0 Å². The number of ether oxygens (including phenoxy) is 1. The Morgan fingerprint density at radius 1 is 1.33 bits per heavy atom. The molecule has 3 rings (SSSR count). The van der Waals surface area contributed by atoms with Crippen LogP contribution in [0.1, 0.15) is 32.0 Å². The van der Waals surface area contributed by atoms with Crippen molar-refractivity contribution in [2.45, 2.75) is 13.0 Å². The largest absolute Gasteiger partial charge is 0.465 e. The number of methoxy groups -OCH3 is 1. The van der Waals surface area contributed by atoms with Crippen LogP contribution in [-0.2, 0) is 17.7 Å². The van der Waals surface area contributed by atoms with Gasteiger partial charge in [0, 0.05) is 36.3 Å². The predicted molar refractivity (Wildman–Crippen MR) is 74.8 cm³/mol. The van der Waals surface area contributed by atoms with Gasteiger partial charge in [-0.3, -0.25) is 9.89 Å². The Balaban J connectivity index is 1.81. The number of carbonyl (C=O) groups excluding carboxylic acids is 2. The highest BCUT2D eigenvalue weighted by Gasteiger charge is 2.23. The summed E-state index contributed by atoms with van der Waals surface area (Å²) in [5.41, 5.74) is 3.00. The van der Waals surface area contributed by atoms with Crippen LogP contribution in [0.15, 0.2) is 30.5 Å². The Bertz CT molecular complexity index is 693. The predicted octanol–water partition coefficient (Wildman–Crippen LogP) is 1.39. The molecule has 0 saturated heterocycles. The zero-order chi connectivity index (χ0) is 14.8. The number of H-pyrrole nitrogens is 1. The first-order chi connectivity index (χ1) is 10.2. The molecule has 0 spiro atoms. The van der Waals surface area contributed by atoms with Gasteiger partial charge in [-0.1, -0.05) is 6.07 Å². The highest BCUT2D eigenvalue weighted by Crippen LogP contribution is 2.19. The summed E-state index contributed by atoms with van der Waals surface area (Å²) in [5.74, 6) is -0.534. The van der Waals surface area contributed by atoms with Gasteiger partial charge in [-0.05, 0) is 18.2 Å². The molecule has 1 aromatic heterocycles. The summed E-state index contributed by atoms with van der Waals surface area (Å²) >= 11 is 0. The van der Waals surface area contributed by atoms with Crippen molar-refractivity contribution in [3.05, 3.63) is 52.8 Å². The highest BCUT2D eigenvalue weighted by molar-refractivity contribution is 5.98. The molecule has 0 aliphatic carbocycles. The Morgan fingerprint density at radius 3 is 2.95 bits per heavy atom. The van der Waals surface area contributed by atoms with E-state index in [9.17, 15) is 9.59 Å². The smallest absolute Gasteiger partial charge is 0.337 e. The third-order valence-corrected chi connectivity index (χ3v) is 3.62. The first-order valence-electron chi connectivity index (χ1n) is 6.68. The van der Waals surface area contributed by atoms with Crippen LogP contribution < -0.4 is 0 Å². The van der Waals surface area contributed by atoms with Gasteiger partial charge in [0.2, 0.25) is 0 Å². The van der Waals surface area contributed by atoms with E-state index in [0.29, 0.717) is 24.2 Å². The number of nitrogens with one attached hydrogen (secondary N) is 1. The summed E-state index contributed by atoms with van der Waals surface area (Å²) in [6.07, 6.45) is 2.51. The number of rotatable bonds is 2. The number of aromatic amines is 1. The zero-order valence-corrected chi connectivity index (χ0v) is 11.6. The zero-order valence-electron chi connectivity index (χ0n) is 11.6. The summed E-state index contributed by atoms with van der Waals surface area (Å²) in [5, 5.41) is 6.93. The third kappa shape index (κ3) is 2.52. The molecule has 0 radical (unpaired) electrons. The summed E-state index contributed by atoms with van der Waals surface area (Å²) in [6, 6.07) is 6.60. The van der Waals surface area contributed by atoms with Gasteiger partial charge in [0.05, 0.1) is 18.9 Å². The maximum absolute atomic E-state index is 12.5. The van der Waals surface area contributed by atoms with Crippen LogP contribution in [0.25, 0.3) is 0 Å². The van der Waals surface area contributed by atoms with Crippen LogP contribution >= 0.6 is 0 Å². The van der Waals surface area contributed by atoms with Crippen LogP contribution in [0.5, 0.6) is 0 Å². The topological polar surface area (TPSA) is 75.3 Å². The van der Waals surface area contributed by atoms with Crippen LogP contribution in [0.4, 0.5) is 0 Å². The number of hydrogen-bond donors (Lipinski definition) is 1. The van der Waals surface area contributed by atoms with E-state index >= 15 is 0 Å². The SMILES string of the molecule is COC(=O)c1cccc(C(=O)N2CCc3[nH]ncc3C2)c1. The van der Waals surface area contributed by atoms with Gasteiger partial charge >= 0.3 is 5.97 Å². The number of hydrogen-bond acceptors (Lipinski definition) is 4. The fourth-order valence-corrected chi connectivity index (χ4v) is 2.47. The standard InChI is InChI=1S/C15H15N3O3/c1-21-15(20)11-4-2-3-10(7-11)14(19)18-6-5-13-12(9-18)8-16-17-13/h2-4,7-8H,5-6,9H2,1H3,(H,16,17). The molecule has 6 heteroatoms. The van der Waals surface area contributed by atoms with Gasteiger partial charge in [0.15, 0.2) is 0 Å². The maximum atomic E-state index is 12.5. The van der Waals surface area contributed by atoms with Gasteiger partial charge in [0.25, 0.3) is 5.91 Å². The van der Waals surface area contributed by atoms with Crippen molar-refractivity contribution in [2.24, 2.45) is 0 Å². The molecule has 0 bridgehead atoms. The van der Waals surface area contributed by atoms with E-state index in [1.165, 1.54) is 7.11 Å². The summed E-state index contributed by atoms with van der Waals surface area (Å²) in [7, 11) is 1.32. The molecular formula is C15H15N3O3. The van der Waals surface area contributed by atoms with E-state index in [2.05, 4.69) is 14.9 Å². The molecule has 108 valence electrons. The van der Waals surface area contributed by atoms with E-state index in [1.807, 2.05) is 0 Å². The first-order valence-corrected chi connectivity index (χ1v) is 6.68. The highest BCUT2D eigenvalue weighted by atomic mass is 16.5. The molecule has 21 heavy (non-hydrogen) atoms. The Kier molecular flexibility index (Phi) is 3.43. The molecule has 1 aliphatic rings. The number of amides is 1. The molecule has 1 N–H and O–H groups in total. The molecule has 1 aromatic carbocycles. The lowest BCUT2D eigenvalue weighted by atomic mass is 10.1. The number of aromatic nitrogens is 2. The molecule has 1 amide bonds. The molecule has 0 unspecified atom stereocenters. The fourth-order valence-electron chi connectivity index (χ4n) is 2.47. The summed E-state index contributed by atoms with van der Waals surface area (Å²) in [6.45, 7) is 1.17. The molecule has 6 nitrogen and oxygen atoms in total. The lowest BCUT2D eigenvalue weighted by molar-refractivity contribution is 0.0600. The number of esters is 1. The number of carbonyl (C=O) groups is 2. The Morgan fingerprint density at radius 2 is 2.14 bits per heavy atom. The van der Waals surface area contributed by atoms with E-state index < -0.39 is 5.97 Å². The molecular weight excluding hydrogens is 270 g/mol. The van der Waals surface area contributed by atoms with Crippen molar-refractivity contribution < 1.29 is 14.3 Å². The van der Waals surface area contributed by atoms with E-state index in [-0.39, 0.29) is 5.91 Å². The molecule has 2 heterocycles. The number of benzene rings is 1. The van der Waals surface area contributed by atoms with Crippen molar-refractivity contribution in [1.82, 2.24) is 15.1 Å². The van der Waals surface area contributed by atoms with E-state index in [4.69, 9.17) is 0 Å². The van der Waals surface area contributed by atoms with Gasteiger partial charge in [0.1, 0.15) is 0 Å². The van der Waals surface area contributed by atoms with Gasteiger partial charge in [-0.2, -0.15) is 5.10 Å². The minimum absolute atomic E-state index is 0.0902. The number of fused-ring (bicyclic) bond motifs is 1. The second kappa shape index (κ2) is 5.40. The minimum atomic E-state index is -0.444. The molecule has 0 saturated carbocycles. The van der Waals surface area contributed by atoms with Crippen LogP contribution in [0.3, 0.4) is 0 Å². The average molecular weight is 285 g/mol. The second-order valence-electron chi connectivity index (χ2n) is 4.92. The lowest BCUT2D eigenvalue weighted by Crippen LogP contribution is -2.35. The van der Waals surface area contributed by atoms with Crippen molar-refractivity contribution in [2.75, 3.05) is 13.7 Å². The minimum Gasteiger partial charge on any atom is -0.465 e. The Hall–Kier alpha value is -2.63. The normalized spacial score (nSPS) is 13.7. The van der Waals surface area contributed by atoms with Crippen molar-refractivity contribution in [3.8, 4) is 0 Å². The summed E-state index contributed by atoms with van der Waals surface area (Å²) in [4.78, 5) is 25.8. The lowest BCUT2D eigenvalue weighted by Gasteiger charge is -2.26. The monoisotopic (exact) mass is 285 g/mol. The maximum Gasteiger partial charge on any atom is 0.337 e. The first kappa shape index (κ1) is 13.4. The van der Waals surface area contributed by atoms with Crippen molar-refractivity contribution >= 4 is 11.9 Å². The van der Waals surface area contributed by atoms with Gasteiger partial charge < -0.3 is 9.64 Å². The molecule has 1 aliphatic heterocycles. The number of nitrogens with zero attached hydrogens (tertiary/aromatic N) is 2. The van der Waals surface area contributed by atoms with E-state index in [1.54, 1.807) is 35.4 Å².